The summed E-state index contributed by atoms with van der Waals surface area (Å²) in [6.07, 6.45) is 6.53. The van der Waals surface area contributed by atoms with Gasteiger partial charge in [0, 0.05) is 30.9 Å². The Morgan fingerprint density at radius 3 is 2.76 bits per heavy atom. The molecule has 178 valence electrons. The molecule has 1 aliphatic carbocycles. The lowest BCUT2D eigenvalue weighted by Crippen LogP contribution is -2.26. The van der Waals surface area contributed by atoms with Crippen LogP contribution < -0.4 is 10.5 Å². The number of nitrogen functional groups attached to an aromatic ring is 1. The molecule has 6 heteroatoms. The van der Waals surface area contributed by atoms with Gasteiger partial charge in [0.2, 0.25) is 0 Å². The summed E-state index contributed by atoms with van der Waals surface area (Å²) in [6.45, 7) is 4.34. The van der Waals surface area contributed by atoms with Crippen molar-refractivity contribution in [2.24, 2.45) is 0 Å². The van der Waals surface area contributed by atoms with Gasteiger partial charge in [-0.2, -0.15) is 0 Å². The molecule has 1 saturated heterocycles. The standard InChI is InChI=1S/C28H32FN3O2/c1-19-27(17-31-34-19)26-5-2-4-21-16-22(30)8-11-25(21)28(26)20-6-9-23(10-7-20)33-24-12-15-32(18-24)14-3-13-29/h6-11,16-17,24H,2-5,12-15,18,30H2,1H3. The van der Waals surface area contributed by atoms with Gasteiger partial charge in [0.15, 0.2) is 0 Å². The number of likely N-dealkylation sites (tertiary alicyclic amines) is 1. The largest absolute Gasteiger partial charge is 0.489 e. The topological polar surface area (TPSA) is 64.5 Å². The predicted molar refractivity (Wildman–Crippen MR) is 133 cm³/mol. The summed E-state index contributed by atoms with van der Waals surface area (Å²) in [7, 11) is 0. The van der Waals surface area contributed by atoms with Gasteiger partial charge in [-0.25, -0.2) is 0 Å². The first-order chi connectivity index (χ1) is 16.6. The summed E-state index contributed by atoms with van der Waals surface area (Å²) in [4.78, 5) is 2.28. The lowest BCUT2D eigenvalue weighted by atomic mass is 9.88. The van der Waals surface area contributed by atoms with E-state index < -0.39 is 0 Å². The molecule has 3 aromatic rings. The highest BCUT2D eigenvalue weighted by Gasteiger charge is 2.25. The van der Waals surface area contributed by atoms with Crippen LogP contribution in [-0.4, -0.2) is 42.5 Å². The highest BCUT2D eigenvalue weighted by Crippen LogP contribution is 2.41. The number of aromatic nitrogens is 1. The van der Waals surface area contributed by atoms with Crippen molar-refractivity contribution in [3.63, 3.8) is 0 Å². The number of allylic oxidation sites excluding steroid dienone is 1. The highest BCUT2D eigenvalue weighted by atomic mass is 19.1. The van der Waals surface area contributed by atoms with E-state index in [9.17, 15) is 4.39 Å². The fourth-order valence-electron chi connectivity index (χ4n) is 5.27. The Balaban J connectivity index is 1.45. The van der Waals surface area contributed by atoms with Gasteiger partial charge in [-0.3, -0.25) is 9.29 Å². The van der Waals surface area contributed by atoms with Crippen LogP contribution in [0.4, 0.5) is 10.1 Å². The van der Waals surface area contributed by atoms with Crippen LogP contribution in [0.1, 0.15) is 53.7 Å². The van der Waals surface area contributed by atoms with Gasteiger partial charge in [0.1, 0.15) is 17.6 Å². The molecule has 0 spiro atoms. The summed E-state index contributed by atoms with van der Waals surface area (Å²) >= 11 is 0. The number of nitrogens with two attached hydrogens (primary N) is 1. The summed E-state index contributed by atoms with van der Waals surface area (Å²) in [6, 6.07) is 14.6. The lowest BCUT2D eigenvalue weighted by Gasteiger charge is -2.18. The molecule has 2 aliphatic rings. The minimum Gasteiger partial charge on any atom is -0.489 e. The van der Waals surface area contributed by atoms with E-state index in [4.69, 9.17) is 15.0 Å². The average Bonchev–Trinajstić information content (AvgIpc) is 3.42. The molecule has 0 radical (unpaired) electrons. The Morgan fingerprint density at radius 2 is 2.00 bits per heavy atom. The monoisotopic (exact) mass is 461 g/mol. The number of anilines is 1. The van der Waals surface area contributed by atoms with Crippen molar-refractivity contribution < 1.29 is 13.7 Å². The molecule has 34 heavy (non-hydrogen) atoms. The second kappa shape index (κ2) is 10.0. The minimum atomic E-state index is -0.258. The van der Waals surface area contributed by atoms with Gasteiger partial charge in [-0.15, -0.1) is 0 Å². The molecule has 2 N–H and O–H groups in total. The molecule has 0 saturated carbocycles. The van der Waals surface area contributed by atoms with Crippen molar-refractivity contribution in [1.82, 2.24) is 10.1 Å². The molecule has 1 fully saturated rings. The molecule has 2 heterocycles. The van der Waals surface area contributed by atoms with E-state index in [-0.39, 0.29) is 12.8 Å². The molecule has 5 rings (SSSR count). The van der Waals surface area contributed by atoms with Crippen LogP contribution in [0.5, 0.6) is 5.75 Å². The van der Waals surface area contributed by atoms with Crippen LogP contribution in [0.15, 0.2) is 53.2 Å². The molecule has 5 nitrogen and oxygen atoms in total. The fourth-order valence-corrected chi connectivity index (χ4v) is 5.27. The first-order valence-corrected chi connectivity index (χ1v) is 12.2. The molecular formula is C28H32FN3O2. The fraction of sp³-hybridized carbons (Fsp3) is 0.393. The van der Waals surface area contributed by atoms with Crippen molar-refractivity contribution in [3.8, 4) is 5.75 Å². The third kappa shape index (κ3) is 4.73. The van der Waals surface area contributed by atoms with E-state index in [1.165, 1.54) is 22.3 Å². The van der Waals surface area contributed by atoms with Crippen molar-refractivity contribution in [3.05, 3.63) is 76.7 Å². The Labute approximate surface area is 200 Å². The number of alkyl halides is 1. The van der Waals surface area contributed by atoms with Crippen molar-refractivity contribution in [2.75, 3.05) is 32.0 Å². The van der Waals surface area contributed by atoms with Gasteiger partial charge in [0.25, 0.3) is 0 Å². The van der Waals surface area contributed by atoms with E-state index in [1.807, 2.05) is 19.2 Å². The molecule has 1 aliphatic heterocycles. The van der Waals surface area contributed by atoms with Gasteiger partial charge in [-0.05, 0) is 91.1 Å². The van der Waals surface area contributed by atoms with Gasteiger partial charge >= 0.3 is 0 Å². The van der Waals surface area contributed by atoms with Crippen LogP contribution in [0.3, 0.4) is 0 Å². The first kappa shape index (κ1) is 22.7. The third-order valence-electron chi connectivity index (χ3n) is 6.93. The molecule has 1 aromatic heterocycles. The van der Waals surface area contributed by atoms with Crippen LogP contribution in [-0.2, 0) is 6.42 Å². The maximum absolute atomic E-state index is 12.5. The zero-order valence-corrected chi connectivity index (χ0v) is 19.7. The highest BCUT2D eigenvalue weighted by molar-refractivity contribution is 6.00. The summed E-state index contributed by atoms with van der Waals surface area (Å²) in [5.74, 6) is 1.71. The quantitative estimate of drug-likeness (QED) is 0.459. The predicted octanol–water partition coefficient (Wildman–Crippen LogP) is 5.67. The zero-order chi connectivity index (χ0) is 23.5. The summed E-state index contributed by atoms with van der Waals surface area (Å²) < 4.78 is 24.2. The number of hydrogen-bond acceptors (Lipinski definition) is 5. The Morgan fingerprint density at radius 1 is 1.15 bits per heavy atom. The second-order valence-electron chi connectivity index (χ2n) is 9.32. The number of fused-ring (bicyclic) bond motifs is 1. The van der Waals surface area contributed by atoms with Gasteiger partial charge < -0.3 is 15.0 Å². The van der Waals surface area contributed by atoms with E-state index in [0.717, 1.165) is 73.6 Å². The van der Waals surface area contributed by atoms with Crippen molar-refractivity contribution >= 4 is 16.8 Å². The number of halogens is 1. The molecular weight excluding hydrogens is 429 g/mol. The number of aryl methyl sites for hydroxylation is 2. The number of rotatable bonds is 7. The van der Waals surface area contributed by atoms with E-state index in [2.05, 4.69) is 46.5 Å². The minimum absolute atomic E-state index is 0.154. The maximum Gasteiger partial charge on any atom is 0.141 e. The average molecular weight is 462 g/mol. The van der Waals surface area contributed by atoms with Gasteiger partial charge in [0.05, 0.1) is 12.9 Å². The van der Waals surface area contributed by atoms with Crippen LogP contribution in [0.25, 0.3) is 11.1 Å². The molecule has 1 atom stereocenters. The lowest BCUT2D eigenvalue weighted by molar-refractivity contribution is 0.198. The van der Waals surface area contributed by atoms with Crippen LogP contribution in [0, 0.1) is 6.92 Å². The zero-order valence-electron chi connectivity index (χ0n) is 19.7. The summed E-state index contributed by atoms with van der Waals surface area (Å²) in [5, 5.41) is 4.05. The Hall–Kier alpha value is -3.12. The van der Waals surface area contributed by atoms with Gasteiger partial charge in [-0.1, -0.05) is 23.4 Å². The van der Waals surface area contributed by atoms with E-state index in [0.29, 0.717) is 6.42 Å². The maximum atomic E-state index is 12.5. The third-order valence-corrected chi connectivity index (χ3v) is 6.93. The second-order valence-corrected chi connectivity index (χ2v) is 9.32. The molecule has 0 bridgehead atoms. The Kier molecular flexibility index (Phi) is 6.68. The SMILES string of the molecule is Cc1oncc1C1=C(c2ccc(OC3CCN(CCCF)C3)cc2)c2ccc(N)cc2CCC1. The van der Waals surface area contributed by atoms with Crippen LogP contribution in [0.2, 0.25) is 0 Å². The summed E-state index contributed by atoms with van der Waals surface area (Å²) in [5.41, 5.74) is 14.1. The van der Waals surface area contributed by atoms with E-state index >= 15 is 0 Å². The Bertz CT molecular complexity index is 1170. The van der Waals surface area contributed by atoms with E-state index in [1.54, 1.807) is 0 Å². The number of ether oxygens (including phenoxy) is 1. The number of benzene rings is 2. The smallest absolute Gasteiger partial charge is 0.141 e. The number of hydrogen-bond donors (Lipinski definition) is 1. The first-order valence-electron chi connectivity index (χ1n) is 12.2. The molecule has 2 aromatic carbocycles. The number of nitrogens with zero attached hydrogens (tertiary/aromatic N) is 2. The molecule has 1 unspecified atom stereocenters. The normalized spacial score (nSPS) is 18.7. The van der Waals surface area contributed by atoms with Crippen molar-refractivity contribution in [2.45, 2.75) is 45.1 Å². The molecule has 0 amide bonds. The van der Waals surface area contributed by atoms with Crippen LogP contribution >= 0.6 is 0 Å². The van der Waals surface area contributed by atoms with Crippen molar-refractivity contribution in [1.29, 1.82) is 0 Å².